The molecule has 1 N–H and O–H groups in total. The van der Waals surface area contributed by atoms with Crippen molar-refractivity contribution in [2.24, 2.45) is 0 Å². The molecule has 0 radical (unpaired) electrons. The number of halogens is 1. The Morgan fingerprint density at radius 2 is 1.50 bits per heavy atom. The molecule has 5 heteroatoms. The Kier molecular flexibility index (Phi) is 9.18. The lowest BCUT2D eigenvalue weighted by Gasteiger charge is -2.33. The lowest BCUT2D eigenvalue weighted by molar-refractivity contribution is -0.141. The number of hydrogen-bond acceptors (Lipinski definition) is 2. The second kappa shape index (κ2) is 12.7. The number of carbonyl (C=O) groups is 2. The van der Waals surface area contributed by atoms with Gasteiger partial charge in [-0.3, -0.25) is 9.59 Å². The highest BCUT2D eigenvalue weighted by Gasteiger charge is 2.31. The van der Waals surface area contributed by atoms with E-state index >= 15 is 0 Å². The second-order valence-corrected chi connectivity index (χ2v) is 10.3. The number of nitrogens with one attached hydrogen (secondary N) is 1. The van der Waals surface area contributed by atoms with E-state index in [2.05, 4.69) is 5.32 Å². The quantitative estimate of drug-likeness (QED) is 0.374. The van der Waals surface area contributed by atoms with E-state index in [1.807, 2.05) is 73.7 Å². The van der Waals surface area contributed by atoms with Gasteiger partial charge < -0.3 is 10.2 Å². The molecular weight excluding hydrogens is 468 g/mol. The molecule has 0 aliphatic heterocycles. The molecular formula is C31H35ClN2O2. The molecule has 0 aromatic heterocycles. The van der Waals surface area contributed by atoms with Gasteiger partial charge in [0.15, 0.2) is 0 Å². The molecule has 0 spiro atoms. The maximum Gasteiger partial charge on any atom is 0.243 e. The molecule has 36 heavy (non-hydrogen) atoms. The van der Waals surface area contributed by atoms with Crippen molar-refractivity contribution in [3.05, 3.63) is 106 Å². The number of nitrogens with zero attached hydrogens (tertiary/aromatic N) is 1. The summed E-state index contributed by atoms with van der Waals surface area (Å²) in [6.45, 7) is 2.42. The Hall–Kier alpha value is -3.11. The standard InChI is InChI=1S/C31H35ClN2O2/c1-23-12-14-26(15-13-23)22-34(30(35)21-25-16-18-27(32)19-17-25)29(20-24-8-4-2-5-9-24)31(36)33-28-10-6-3-7-11-28/h2,4-5,8-9,12-19,28-29H,3,6-7,10-11,20-22H2,1H3,(H,33,36)/t29-/m0/s1. The van der Waals surface area contributed by atoms with Crippen molar-refractivity contribution in [2.45, 2.75) is 70.5 Å². The van der Waals surface area contributed by atoms with Crippen LogP contribution in [0.5, 0.6) is 0 Å². The van der Waals surface area contributed by atoms with Crippen LogP contribution in [0.2, 0.25) is 5.02 Å². The van der Waals surface area contributed by atoms with Gasteiger partial charge in [-0.15, -0.1) is 0 Å². The predicted octanol–water partition coefficient (Wildman–Crippen LogP) is 6.28. The van der Waals surface area contributed by atoms with Crippen LogP contribution in [0.4, 0.5) is 0 Å². The van der Waals surface area contributed by atoms with E-state index in [-0.39, 0.29) is 24.3 Å². The van der Waals surface area contributed by atoms with Crippen LogP contribution in [0.15, 0.2) is 78.9 Å². The first-order valence-corrected chi connectivity index (χ1v) is 13.3. The summed E-state index contributed by atoms with van der Waals surface area (Å²) in [5.74, 6) is -0.139. The zero-order valence-electron chi connectivity index (χ0n) is 21.0. The second-order valence-electron chi connectivity index (χ2n) is 9.86. The van der Waals surface area contributed by atoms with E-state index in [9.17, 15) is 9.59 Å². The summed E-state index contributed by atoms with van der Waals surface area (Å²) >= 11 is 6.06. The van der Waals surface area contributed by atoms with Gasteiger partial charge >= 0.3 is 0 Å². The maximum absolute atomic E-state index is 13.8. The Morgan fingerprint density at radius 3 is 2.17 bits per heavy atom. The topological polar surface area (TPSA) is 49.4 Å². The van der Waals surface area contributed by atoms with Gasteiger partial charge in [0.05, 0.1) is 6.42 Å². The molecule has 0 bridgehead atoms. The minimum absolute atomic E-state index is 0.0673. The molecule has 3 aromatic rings. The third-order valence-corrected chi connectivity index (χ3v) is 7.22. The molecule has 0 unspecified atom stereocenters. The molecule has 4 rings (SSSR count). The zero-order chi connectivity index (χ0) is 25.3. The first kappa shape index (κ1) is 26.0. The molecule has 1 fully saturated rings. The minimum atomic E-state index is -0.601. The smallest absolute Gasteiger partial charge is 0.243 e. The van der Waals surface area contributed by atoms with Crippen LogP contribution in [-0.4, -0.2) is 28.8 Å². The third-order valence-electron chi connectivity index (χ3n) is 6.96. The molecule has 3 aromatic carbocycles. The normalized spacial score (nSPS) is 14.7. The number of rotatable bonds is 9. The Morgan fingerprint density at radius 1 is 0.861 bits per heavy atom. The summed E-state index contributed by atoms with van der Waals surface area (Å²) in [4.78, 5) is 29.4. The fourth-order valence-corrected chi connectivity index (χ4v) is 4.99. The van der Waals surface area contributed by atoms with Crippen molar-refractivity contribution in [1.29, 1.82) is 0 Å². The number of amides is 2. The van der Waals surface area contributed by atoms with Crippen LogP contribution in [-0.2, 0) is 29.0 Å². The SMILES string of the molecule is Cc1ccc(CN(C(=O)Cc2ccc(Cl)cc2)[C@@H](Cc2ccccc2)C(=O)NC2CCCCC2)cc1. The van der Waals surface area contributed by atoms with E-state index in [0.717, 1.165) is 47.9 Å². The Bertz CT molecular complexity index is 1120. The van der Waals surface area contributed by atoms with E-state index < -0.39 is 6.04 Å². The molecule has 188 valence electrons. The molecule has 1 atom stereocenters. The van der Waals surface area contributed by atoms with Gasteiger partial charge in [0.25, 0.3) is 0 Å². The van der Waals surface area contributed by atoms with E-state index in [0.29, 0.717) is 18.0 Å². The fourth-order valence-electron chi connectivity index (χ4n) is 4.87. The highest BCUT2D eigenvalue weighted by atomic mass is 35.5. The van der Waals surface area contributed by atoms with Gasteiger partial charge in [-0.25, -0.2) is 0 Å². The first-order valence-electron chi connectivity index (χ1n) is 12.9. The van der Waals surface area contributed by atoms with Gasteiger partial charge in [0.1, 0.15) is 6.04 Å². The largest absolute Gasteiger partial charge is 0.352 e. The molecule has 1 aliphatic rings. The molecule has 0 heterocycles. The monoisotopic (exact) mass is 502 g/mol. The first-order chi connectivity index (χ1) is 17.5. The molecule has 4 nitrogen and oxygen atoms in total. The maximum atomic E-state index is 13.8. The van der Waals surface area contributed by atoms with Crippen molar-refractivity contribution < 1.29 is 9.59 Å². The third kappa shape index (κ3) is 7.44. The fraction of sp³-hybridized carbons (Fsp3) is 0.355. The Balaban J connectivity index is 1.64. The van der Waals surface area contributed by atoms with E-state index in [1.54, 1.807) is 17.0 Å². The lowest BCUT2D eigenvalue weighted by atomic mass is 9.94. The van der Waals surface area contributed by atoms with Crippen molar-refractivity contribution in [3.63, 3.8) is 0 Å². The van der Waals surface area contributed by atoms with Crippen LogP contribution < -0.4 is 5.32 Å². The van der Waals surface area contributed by atoms with E-state index in [4.69, 9.17) is 11.6 Å². The van der Waals surface area contributed by atoms with Gasteiger partial charge in [0, 0.05) is 24.0 Å². The van der Waals surface area contributed by atoms with Crippen LogP contribution in [0, 0.1) is 6.92 Å². The molecule has 1 saturated carbocycles. The average Bonchev–Trinajstić information content (AvgIpc) is 2.89. The molecule has 1 aliphatic carbocycles. The average molecular weight is 503 g/mol. The summed E-state index contributed by atoms with van der Waals surface area (Å²) in [5, 5.41) is 3.93. The molecule has 2 amide bonds. The van der Waals surface area contributed by atoms with Gasteiger partial charge in [-0.2, -0.15) is 0 Å². The predicted molar refractivity (Wildman–Crippen MR) is 146 cm³/mol. The van der Waals surface area contributed by atoms with Crippen LogP contribution >= 0.6 is 11.6 Å². The number of benzene rings is 3. The van der Waals surface area contributed by atoms with Crippen molar-refractivity contribution >= 4 is 23.4 Å². The molecule has 0 saturated heterocycles. The summed E-state index contributed by atoms with van der Waals surface area (Å²) in [7, 11) is 0. The van der Waals surface area contributed by atoms with E-state index in [1.165, 1.54) is 6.42 Å². The Labute approximate surface area is 219 Å². The zero-order valence-corrected chi connectivity index (χ0v) is 21.7. The highest BCUT2D eigenvalue weighted by molar-refractivity contribution is 6.30. The number of carbonyl (C=O) groups excluding carboxylic acids is 2. The summed E-state index contributed by atoms with van der Waals surface area (Å²) < 4.78 is 0. The van der Waals surface area contributed by atoms with Crippen LogP contribution in [0.25, 0.3) is 0 Å². The van der Waals surface area contributed by atoms with Crippen molar-refractivity contribution in [2.75, 3.05) is 0 Å². The van der Waals surface area contributed by atoms with Crippen molar-refractivity contribution in [3.8, 4) is 0 Å². The number of hydrogen-bond donors (Lipinski definition) is 1. The summed E-state index contributed by atoms with van der Waals surface area (Å²) in [6, 6.07) is 25.1. The van der Waals surface area contributed by atoms with Crippen molar-refractivity contribution in [1.82, 2.24) is 10.2 Å². The van der Waals surface area contributed by atoms with Gasteiger partial charge in [-0.05, 0) is 48.6 Å². The lowest BCUT2D eigenvalue weighted by Crippen LogP contribution is -2.53. The number of aryl methyl sites for hydroxylation is 1. The van der Waals surface area contributed by atoms with Crippen LogP contribution in [0.1, 0.15) is 54.4 Å². The van der Waals surface area contributed by atoms with Crippen LogP contribution in [0.3, 0.4) is 0 Å². The van der Waals surface area contributed by atoms with Gasteiger partial charge in [0.2, 0.25) is 11.8 Å². The summed E-state index contributed by atoms with van der Waals surface area (Å²) in [5.41, 5.74) is 4.08. The van der Waals surface area contributed by atoms with Gasteiger partial charge in [-0.1, -0.05) is 103 Å². The highest BCUT2D eigenvalue weighted by Crippen LogP contribution is 2.21. The minimum Gasteiger partial charge on any atom is -0.352 e. The summed E-state index contributed by atoms with van der Waals surface area (Å²) in [6.07, 6.45) is 6.18.